The third-order valence-corrected chi connectivity index (χ3v) is 2.23. The number of nitrogen functional groups attached to an aromatic ring is 1. The normalized spacial score (nSPS) is 18.8. The Labute approximate surface area is 72.0 Å². The summed E-state index contributed by atoms with van der Waals surface area (Å²) in [6, 6.07) is 3.81. The van der Waals surface area contributed by atoms with E-state index >= 15 is 0 Å². The van der Waals surface area contributed by atoms with Crippen LogP contribution in [0, 0.1) is 0 Å². The molecule has 3 nitrogen and oxygen atoms in total. The van der Waals surface area contributed by atoms with Crippen molar-refractivity contribution in [2.24, 2.45) is 0 Å². The van der Waals surface area contributed by atoms with Gasteiger partial charge in [-0.1, -0.05) is 0 Å². The van der Waals surface area contributed by atoms with Crippen molar-refractivity contribution in [2.75, 3.05) is 11.1 Å². The van der Waals surface area contributed by atoms with Crippen molar-refractivity contribution >= 4 is 11.5 Å². The fourth-order valence-corrected chi connectivity index (χ4v) is 1.19. The zero-order valence-corrected chi connectivity index (χ0v) is 7.17. The maximum Gasteiger partial charge on any atom is 0.125 e. The maximum atomic E-state index is 5.55. The Morgan fingerprint density at radius 1 is 1.58 bits per heavy atom. The minimum Gasteiger partial charge on any atom is -0.384 e. The van der Waals surface area contributed by atoms with E-state index in [1.54, 1.807) is 6.20 Å². The summed E-state index contributed by atoms with van der Waals surface area (Å²) in [5, 5.41) is 3.41. The Morgan fingerprint density at radius 2 is 2.33 bits per heavy atom. The molecule has 3 N–H and O–H groups in total. The number of hydrogen-bond acceptors (Lipinski definition) is 3. The Bertz CT molecular complexity index is 292. The summed E-state index contributed by atoms with van der Waals surface area (Å²) in [4.78, 5) is 3.93. The number of nitrogens with one attached hydrogen (secondary N) is 1. The fourth-order valence-electron chi connectivity index (χ4n) is 1.19. The molecule has 0 saturated heterocycles. The van der Waals surface area contributed by atoms with Gasteiger partial charge in [-0.3, -0.25) is 0 Å². The lowest BCUT2D eigenvalue weighted by atomic mass is 10.3. The van der Waals surface area contributed by atoms with Crippen molar-refractivity contribution in [1.29, 1.82) is 0 Å². The van der Waals surface area contributed by atoms with Crippen LogP contribution in [-0.2, 0) is 0 Å². The van der Waals surface area contributed by atoms with E-state index in [0.29, 0.717) is 11.4 Å². The molecule has 1 aromatic heterocycles. The first-order valence-electron chi connectivity index (χ1n) is 4.18. The highest BCUT2D eigenvalue weighted by molar-refractivity contribution is 5.52. The number of pyridine rings is 1. The van der Waals surface area contributed by atoms with Gasteiger partial charge in [0.25, 0.3) is 0 Å². The number of anilines is 2. The van der Waals surface area contributed by atoms with E-state index in [0.717, 1.165) is 5.69 Å². The van der Waals surface area contributed by atoms with E-state index in [9.17, 15) is 0 Å². The largest absolute Gasteiger partial charge is 0.384 e. The van der Waals surface area contributed by atoms with Gasteiger partial charge in [-0.15, -0.1) is 0 Å². The molecule has 1 aromatic rings. The smallest absolute Gasteiger partial charge is 0.125 e. The monoisotopic (exact) mass is 163 g/mol. The zero-order chi connectivity index (χ0) is 8.60. The average Bonchev–Trinajstić information content (AvgIpc) is 2.67. The van der Waals surface area contributed by atoms with Crippen LogP contribution in [0.3, 0.4) is 0 Å². The number of nitrogens with two attached hydrogens (primary N) is 1. The molecule has 0 radical (unpaired) electrons. The molecule has 0 amide bonds. The molecule has 1 heterocycles. The number of aromatic nitrogens is 1. The first-order chi connectivity index (χ1) is 5.68. The molecule has 3 heteroatoms. The fraction of sp³-hybridized carbons (Fsp3) is 0.444. The number of rotatable bonds is 2. The zero-order valence-electron chi connectivity index (χ0n) is 7.17. The van der Waals surface area contributed by atoms with E-state index in [2.05, 4.69) is 17.2 Å². The molecule has 0 unspecified atom stereocenters. The lowest BCUT2D eigenvalue weighted by Gasteiger charge is -2.12. The first kappa shape index (κ1) is 7.40. The molecular weight excluding hydrogens is 150 g/mol. The third-order valence-electron chi connectivity index (χ3n) is 2.23. The van der Waals surface area contributed by atoms with Gasteiger partial charge in [0.2, 0.25) is 0 Å². The molecule has 0 aromatic carbocycles. The Hall–Kier alpha value is -1.25. The van der Waals surface area contributed by atoms with Crippen LogP contribution in [-0.4, -0.2) is 10.5 Å². The molecule has 1 fully saturated rings. The van der Waals surface area contributed by atoms with Crippen molar-refractivity contribution in [2.45, 2.75) is 25.3 Å². The van der Waals surface area contributed by atoms with Crippen LogP contribution in [0.5, 0.6) is 0 Å². The molecule has 2 rings (SSSR count). The highest BCUT2D eigenvalue weighted by Gasteiger charge is 2.36. The van der Waals surface area contributed by atoms with Crippen LogP contribution in [0.25, 0.3) is 0 Å². The average molecular weight is 163 g/mol. The predicted octanol–water partition coefficient (Wildman–Crippen LogP) is 1.63. The van der Waals surface area contributed by atoms with Crippen molar-refractivity contribution in [3.8, 4) is 0 Å². The lowest BCUT2D eigenvalue weighted by molar-refractivity contribution is 0.829. The minimum atomic E-state index is 0.313. The summed E-state index contributed by atoms with van der Waals surface area (Å²) in [6.07, 6.45) is 4.22. The van der Waals surface area contributed by atoms with Gasteiger partial charge in [-0.05, 0) is 25.8 Å². The van der Waals surface area contributed by atoms with E-state index in [1.165, 1.54) is 12.8 Å². The quantitative estimate of drug-likeness (QED) is 0.696. The van der Waals surface area contributed by atoms with Crippen molar-refractivity contribution in [3.63, 3.8) is 0 Å². The summed E-state index contributed by atoms with van der Waals surface area (Å²) < 4.78 is 0. The standard InChI is InChI=1S/C9H13N3/c1-9(3-4-9)12-7-2-5-11-8(10)6-7/h2,5-6H,3-4H2,1H3,(H3,10,11,12). The SMILES string of the molecule is CC1(Nc2ccnc(N)c2)CC1. The highest BCUT2D eigenvalue weighted by Crippen LogP contribution is 2.38. The van der Waals surface area contributed by atoms with Crippen LogP contribution in [0.4, 0.5) is 11.5 Å². The van der Waals surface area contributed by atoms with Gasteiger partial charge in [0, 0.05) is 23.5 Å². The van der Waals surface area contributed by atoms with Crippen molar-refractivity contribution in [3.05, 3.63) is 18.3 Å². The first-order valence-corrected chi connectivity index (χ1v) is 4.18. The van der Waals surface area contributed by atoms with Crippen molar-refractivity contribution < 1.29 is 0 Å². The molecule has 1 aliphatic carbocycles. The van der Waals surface area contributed by atoms with Gasteiger partial charge in [0.05, 0.1) is 0 Å². The van der Waals surface area contributed by atoms with Gasteiger partial charge in [-0.25, -0.2) is 4.98 Å². The van der Waals surface area contributed by atoms with Crippen molar-refractivity contribution in [1.82, 2.24) is 4.98 Å². The topological polar surface area (TPSA) is 50.9 Å². The van der Waals surface area contributed by atoms with Gasteiger partial charge in [-0.2, -0.15) is 0 Å². The number of nitrogens with zero attached hydrogens (tertiary/aromatic N) is 1. The molecule has 0 atom stereocenters. The highest BCUT2D eigenvalue weighted by atomic mass is 15.0. The van der Waals surface area contributed by atoms with Gasteiger partial charge in [0.1, 0.15) is 5.82 Å². The van der Waals surface area contributed by atoms with Gasteiger partial charge >= 0.3 is 0 Å². The summed E-state index contributed by atoms with van der Waals surface area (Å²) >= 11 is 0. The molecule has 1 aliphatic rings. The molecule has 1 saturated carbocycles. The molecular formula is C9H13N3. The van der Waals surface area contributed by atoms with Gasteiger partial charge in [0.15, 0.2) is 0 Å². The van der Waals surface area contributed by atoms with Crippen LogP contribution < -0.4 is 11.1 Å². The van der Waals surface area contributed by atoms with Crippen LogP contribution in [0.2, 0.25) is 0 Å². The molecule has 0 aliphatic heterocycles. The Kier molecular flexibility index (Phi) is 1.46. The summed E-state index contributed by atoms with van der Waals surface area (Å²) in [6.45, 7) is 2.21. The predicted molar refractivity (Wildman–Crippen MR) is 49.9 cm³/mol. The van der Waals surface area contributed by atoms with Crippen LogP contribution in [0.1, 0.15) is 19.8 Å². The van der Waals surface area contributed by atoms with Crippen LogP contribution in [0.15, 0.2) is 18.3 Å². The summed E-state index contributed by atoms with van der Waals surface area (Å²) in [5.41, 5.74) is 6.93. The van der Waals surface area contributed by atoms with E-state index < -0.39 is 0 Å². The lowest BCUT2D eigenvalue weighted by Crippen LogP contribution is -2.15. The molecule has 12 heavy (non-hydrogen) atoms. The molecule has 64 valence electrons. The second-order valence-corrected chi connectivity index (χ2v) is 3.66. The minimum absolute atomic E-state index is 0.313. The molecule has 0 spiro atoms. The third kappa shape index (κ3) is 1.49. The van der Waals surface area contributed by atoms with E-state index in [4.69, 9.17) is 5.73 Å². The summed E-state index contributed by atoms with van der Waals surface area (Å²) in [5.74, 6) is 0.573. The number of hydrogen-bond donors (Lipinski definition) is 2. The second-order valence-electron chi connectivity index (χ2n) is 3.66. The molecule has 0 bridgehead atoms. The Balaban J connectivity index is 2.12. The maximum absolute atomic E-state index is 5.55. The van der Waals surface area contributed by atoms with Crippen LogP contribution >= 0.6 is 0 Å². The van der Waals surface area contributed by atoms with Gasteiger partial charge < -0.3 is 11.1 Å². The second kappa shape index (κ2) is 2.37. The summed E-state index contributed by atoms with van der Waals surface area (Å²) in [7, 11) is 0. The van der Waals surface area contributed by atoms with E-state index in [1.807, 2.05) is 12.1 Å². The Morgan fingerprint density at radius 3 is 2.92 bits per heavy atom. The van der Waals surface area contributed by atoms with E-state index in [-0.39, 0.29) is 0 Å².